The van der Waals surface area contributed by atoms with E-state index in [2.05, 4.69) is 16.7 Å². The first-order valence-electron chi connectivity index (χ1n) is 10.6. The van der Waals surface area contributed by atoms with Crippen LogP contribution in [0, 0.1) is 0 Å². The molecule has 0 saturated heterocycles. The van der Waals surface area contributed by atoms with Gasteiger partial charge in [0, 0.05) is 29.5 Å². The molecule has 1 fully saturated rings. The predicted octanol–water partition coefficient (Wildman–Crippen LogP) is 6.37. The summed E-state index contributed by atoms with van der Waals surface area (Å²) < 4.78 is 31.3. The van der Waals surface area contributed by atoms with E-state index in [-0.39, 0.29) is 16.0 Å². The van der Waals surface area contributed by atoms with Crippen LogP contribution in [0.3, 0.4) is 0 Å². The first kappa shape index (κ1) is 22.4. The quantitative estimate of drug-likeness (QED) is 0.397. The van der Waals surface area contributed by atoms with Gasteiger partial charge in [-0.25, -0.2) is 8.42 Å². The fourth-order valence-corrected chi connectivity index (χ4v) is 6.66. The number of benzene rings is 2. The number of rotatable bonds is 7. The third-order valence-electron chi connectivity index (χ3n) is 5.90. The highest BCUT2D eigenvalue weighted by Gasteiger charge is 2.34. The van der Waals surface area contributed by atoms with Gasteiger partial charge >= 0.3 is 0 Å². The van der Waals surface area contributed by atoms with Gasteiger partial charge in [-0.15, -0.1) is 0 Å². The third-order valence-corrected chi connectivity index (χ3v) is 8.51. The van der Waals surface area contributed by atoms with Crippen molar-refractivity contribution in [3.05, 3.63) is 88.2 Å². The summed E-state index contributed by atoms with van der Waals surface area (Å²) in [6.07, 6.45) is 6.93. The number of nitrogens with zero attached hydrogens (tertiary/aromatic N) is 2. The average Bonchev–Trinajstić information content (AvgIpc) is 3.21. The maximum Gasteiger partial charge on any atom is 0.245 e. The van der Waals surface area contributed by atoms with E-state index in [4.69, 9.17) is 23.2 Å². The number of hydrogen-bond acceptors (Lipinski definition) is 2. The Hall–Kier alpha value is -1.79. The van der Waals surface area contributed by atoms with Crippen LogP contribution in [-0.2, 0) is 23.1 Å². The predicted molar refractivity (Wildman–Crippen MR) is 126 cm³/mol. The molecule has 4 rings (SSSR count). The molecule has 1 aliphatic carbocycles. The summed E-state index contributed by atoms with van der Waals surface area (Å²) in [5, 5.41) is 0.559. The second-order valence-corrected chi connectivity index (χ2v) is 10.7. The van der Waals surface area contributed by atoms with Crippen LogP contribution in [-0.4, -0.2) is 23.3 Å². The van der Waals surface area contributed by atoms with Gasteiger partial charge in [-0.1, -0.05) is 72.8 Å². The zero-order valence-corrected chi connectivity index (χ0v) is 19.6. The fraction of sp³-hybridized carbons (Fsp3) is 0.333. The van der Waals surface area contributed by atoms with Crippen molar-refractivity contribution in [2.75, 3.05) is 0 Å². The van der Waals surface area contributed by atoms with Crippen LogP contribution in [0.5, 0.6) is 0 Å². The summed E-state index contributed by atoms with van der Waals surface area (Å²) in [5.74, 6) is 0. The summed E-state index contributed by atoms with van der Waals surface area (Å²) >= 11 is 12.4. The second kappa shape index (κ2) is 9.78. The highest BCUT2D eigenvalue weighted by molar-refractivity contribution is 7.89. The molecule has 0 amide bonds. The van der Waals surface area contributed by atoms with E-state index in [1.165, 1.54) is 11.6 Å². The molecule has 164 valence electrons. The van der Waals surface area contributed by atoms with E-state index < -0.39 is 10.0 Å². The normalized spacial score (nSPS) is 15.5. The summed E-state index contributed by atoms with van der Waals surface area (Å²) in [5.41, 5.74) is 2.13. The van der Waals surface area contributed by atoms with Gasteiger partial charge in [0.15, 0.2) is 0 Å². The molecule has 1 aliphatic rings. The van der Waals surface area contributed by atoms with Gasteiger partial charge in [0.25, 0.3) is 0 Å². The molecule has 31 heavy (non-hydrogen) atoms. The van der Waals surface area contributed by atoms with Crippen LogP contribution in [0.1, 0.15) is 43.4 Å². The molecule has 0 spiro atoms. The Kier molecular flexibility index (Phi) is 7.07. The smallest absolute Gasteiger partial charge is 0.245 e. The van der Waals surface area contributed by atoms with Gasteiger partial charge in [-0.3, -0.25) is 0 Å². The Morgan fingerprint density at radius 3 is 2.42 bits per heavy atom. The van der Waals surface area contributed by atoms with Crippen LogP contribution in [0.4, 0.5) is 0 Å². The summed E-state index contributed by atoms with van der Waals surface area (Å²) in [6.45, 7) is 0.995. The topological polar surface area (TPSA) is 42.3 Å². The minimum absolute atomic E-state index is 0.0473. The molecule has 2 aromatic carbocycles. The molecular weight excluding hydrogens is 451 g/mol. The number of sulfonamides is 1. The van der Waals surface area contributed by atoms with Gasteiger partial charge in [-0.05, 0) is 48.7 Å². The van der Waals surface area contributed by atoms with E-state index in [1.54, 1.807) is 16.4 Å². The molecule has 0 bridgehead atoms. The average molecular weight is 477 g/mol. The lowest BCUT2D eigenvalue weighted by Crippen LogP contribution is -2.41. The lowest BCUT2D eigenvalue weighted by molar-refractivity contribution is 0.244. The fourth-order valence-electron chi connectivity index (χ4n) is 4.27. The van der Waals surface area contributed by atoms with E-state index >= 15 is 0 Å². The zero-order valence-electron chi connectivity index (χ0n) is 17.3. The first-order valence-corrected chi connectivity index (χ1v) is 12.8. The van der Waals surface area contributed by atoms with Crippen molar-refractivity contribution < 1.29 is 8.42 Å². The molecule has 1 saturated carbocycles. The Balaban J connectivity index is 1.69. The molecule has 4 nitrogen and oxygen atoms in total. The minimum Gasteiger partial charge on any atom is -0.346 e. The van der Waals surface area contributed by atoms with Crippen molar-refractivity contribution in [2.45, 2.75) is 56.1 Å². The van der Waals surface area contributed by atoms with E-state index in [1.807, 2.05) is 36.5 Å². The highest BCUT2D eigenvalue weighted by Crippen LogP contribution is 2.33. The molecule has 0 atom stereocenters. The molecule has 0 aliphatic heterocycles. The maximum atomic E-state index is 13.8. The number of halogens is 2. The van der Waals surface area contributed by atoms with Gasteiger partial charge in [0.2, 0.25) is 10.0 Å². The van der Waals surface area contributed by atoms with Crippen LogP contribution < -0.4 is 0 Å². The summed E-state index contributed by atoms with van der Waals surface area (Å²) in [6, 6.07) is 18.7. The van der Waals surface area contributed by atoms with Gasteiger partial charge < -0.3 is 4.57 Å². The molecule has 1 heterocycles. The zero-order chi connectivity index (χ0) is 21.8. The molecule has 0 radical (unpaired) electrons. The molecular formula is C24H26Cl2N2O2S. The second-order valence-electron chi connectivity index (χ2n) is 8.03. The first-order chi connectivity index (χ1) is 14.9. The molecule has 1 aromatic heterocycles. The standard InChI is InChI=1S/C24H26Cl2N2O2S/c25-20-13-14-23(26)24(16-20)31(29,30)28(21-10-5-2-6-11-21)18-22-12-7-15-27(22)17-19-8-3-1-4-9-19/h1,3-4,7-9,12-16,21H,2,5-6,10-11,17-18H2. The van der Waals surface area contributed by atoms with E-state index in [9.17, 15) is 8.42 Å². The molecule has 0 N–H and O–H groups in total. The lowest BCUT2D eigenvalue weighted by Gasteiger charge is -2.34. The maximum absolute atomic E-state index is 13.8. The summed E-state index contributed by atoms with van der Waals surface area (Å²) in [7, 11) is -3.82. The minimum atomic E-state index is -3.82. The van der Waals surface area contributed by atoms with Crippen LogP contribution in [0.25, 0.3) is 0 Å². The van der Waals surface area contributed by atoms with Gasteiger partial charge in [0.05, 0.1) is 11.6 Å². The SMILES string of the molecule is O=S(=O)(c1cc(Cl)ccc1Cl)N(Cc1cccn1Cc1ccccc1)C1CCCCC1. The van der Waals surface area contributed by atoms with Gasteiger partial charge in [-0.2, -0.15) is 4.31 Å². The Morgan fingerprint density at radius 2 is 1.68 bits per heavy atom. The van der Waals surface area contributed by atoms with Crippen molar-refractivity contribution in [3.63, 3.8) is 0 Å². The number of hydrogen-bond donors (Lipinski definition) is 0. The van der Waals surface area contributed by atoms with Crippen molar-refractivity contribution in [2.24, 2.45) is 0 Å². The van der Waals surface area contributed by atoms with Crippen molar-refractivity contribution in [1.82, 2.24) is 8.87 Å². The molecule has 7 heteroatoms. The molecule has 3 aromatic rings. The van der Waals surface area contributed by atoms with Crippen molar-refractivity contribution >= 4 is 33.2 Å². The van der Waals surface area contributed by atoms with Crippen molar-refractivity contribution in [1.29, 1.82) is 0 Å². The van der Waals surface area contributed by atoms with Crippen molar-refractivity contribution in [3.8, 4) is 0 Å². The van der Waals surface area contributed by atoms with Crippen LogP contribution >= 0.6 is 23.2 Å². The van der Waals surface area contributed by atoms with E-state index in [0.717, 1.165) is 37.8 Å². The van der Waals surface area contributed by atoms with Gasteiger partial charge in [0.1, 0.15) is 4.90 Å². The molecule has 0 unspecified atom stereocenters. The largest absolute Gasteiger partial charge is 0.346 e. The van der Waals surface area contributed by atoms with Crippen LogP contribution in [0.15, 0.2) is 71.8 Å². The summed E-state index contributed by atoms with van der Waals surface area (Å²) in [4.78, 5) is 0.0772. The Morgan fingerprint density at radius 1 is 0.935 bits per heavy atom. The number of aromatic nitrogens is 1. The van der Waals surface area contributed by atoms with Crippen LogP contribution in [0.2, 0.25) is 10.0 Å². The van der Waals surface area contributed by atoms with E-state index in [0.29, 0.717) is 18.1 Å². The lowest BCUT2D eigenvalue weighted by atomic mass is 9.95. The Labute approximate surface area is 194 Å². The Bertz CT molecular complexity index is 1120. The highest BCUT2D eigenvalue weighted by atomic mass is 35.5. The monoisotopic (exact) mass is 476 g/mol. The third kappa shape index (κ3) is 5.17.